The van der Waals surface area contributed by atoms with Gasteiger partial charge in [0.05, 0.1) is 6.61 Å². The Morgan fingerprint density at radius 2 is 1.53 bits per heavy atom. The SMILES string of the molecule is CCOC(=O)CCC(CC)(CC)CC.N. The summed E-state index contributed by atoms with van der Waals surface area (Å²) in [7, 11) is 0. The molecule has 0 unspecified atom stereocenters. The lowest BCUT2D eigenvalue weighted by Crippen LogP contribution is -2.19. The van der Waals surface area contributed by atoms with E-state index in [9.17, 15) is 4.79 Å². The summed E-state index contributed by atoms with van der Waals surface area (Å²) in [6, 6.07) is 0. The van der Waals surface area contributed by atoms with Crippen LogP contribution in [0.5, 0.6) is 0 Å². The van der Waals surface area contributed by atoms with Crippen LogP contribution >= 0.6 is 0 Å². The highest BCUT2D eigenvalue weighted by Gasteiger charge is 2.24. The van der Waals surface area contributed by atoms with Crippen LogP contribution in [0, 0.1) is 5.41 Å². The van der Waals surface area contributed by atoms with Gasteiger partial charge in [-0.2, -0.15) is 0 Å². The minimum Gasteiger partial charge on any atom is -0.466 e. The Morgan fingerprint density at radius 1 is 1.07 bits per heavy atom. The minimum atomic E-state index is -0.0489. The number of ether oxygens (including phenoxy) is 1. The van der Waals surface area contributed by atoms with Crippen molar-refractivity contribution in [2.45, 2.75) is 59.8 Å². The highest BCUT2D eigenvalue weighted by atomic mass is 16.5. The van der Waals surface area contributed by atoms with E-state index in [-0.39, 0.29) is 12.1 Å². The third-order valence-corrected chi connectivity index (χ3v) is 3.41. The molecule has 0 saturated carbocycles. The Labute approximate surface area is 94.2 Å². The molecular weight excluding hydrogens is 190 g/mol. The van der Waals surface area contributed by atoms with Crippen LogP contribution in [-0.4, -0.2) is 12.6 Å². The van der Waals surface area contributed by atoms with Crippen molar-refractivity contribution in [3.05, 3.63) is 0 Å². The molecule has 0 saturated heterocycles. The van der Waals surface area contributed by atoms with Gasteiger partial charge < -0.3 is 10.9 Å². The highest BCUT2D eigenvalue weighted by Crippen LogP contribution is 2.35. The van der Waals surface area contributed by atoms with Crippen molar-refractivity contribution in [2.75, 3.05) is 6.61 Å². The van der Waals surface area contributed by atoms with Crippen LogP contribution in [0.15, 0.2) is 0 Å². The maximum Gasteiger partial charge on any atom is 0.305 e. The van der Waals surface area contributed by atoms with E-state index < -0.39 is 0 Å². The average molecular weight is 217 g/mol. The summed E-state index contributed by atoms with van der Waals surface area (Å²) in [6.45, 7) is 8.97. The number of rotatable bonds is 7. The zero-order valence-electron chi connectivity index (χ0n) is 10.8. The first-order valence-electron chi connectivity index (χ1n) is 5.79. The van der Waals surface area contributed by atoms with E-state index in [4.69, 9.17) is 4.74 Å². The van der Waals surface area contributed by atoms with E-state index in [1.165, 1.54) is 0 Å². The van der Waals surface area contributed by atoms with Gasteiger partial charge in [-0.05, 0) is 18.8 Å². The molecule has 0 heterocycles. The van der Waals surface area contributed by atoms with Gasteiger partial charge in [0.15, 0.2) is 0 Å². The van der Waals surface area contributed by atoms with Gasteiger partial charge in [0, 0.05) is 6.42 Å². The molecule has 3 nitrogen and oxygen atoms in total. The Hall–Kier alpha value is -0.570. The minimum absolute atomic E-state index is 0. The normalized spacial score (nSPS) is 10.7. The molecule has 0 fully saturated rings. The molecule has 0 bridgehead atoms. The van der Waals surface area contributed by atoms with E-state index in [0.29, 0.717) is 18.4 Å². The summed E-state index contributed by atoms with van der Waals surface area (Å²) in [5.41, 5.74) is 0.354. The average Bonchev–Trinajstić information content (AvgIpc) is 2.21. The van der Waals surface area contributed by atoms with E-state index in [1.54, 1.807) is 0 Å². The van der Waals surface area contributed by atoms with Crippen LogP contribution in [0.1, 0.15) is 59.8 Å². The third kappa shape index (κ3) is 5.78. The molecule has 92 valence electrons. The third-order valence-electron chi connectivity index (χ3n) is 3.41. The Kier molecular flexibility index (Phi) is 9.79. The number of carbonyl (C=O) groups excluding carboxylic acids is 1. The monoisotopic (exact) mass is 217 g/mol. The summed E-state index contributed by atoms with van der Waals surface area (Å²) in [5, 5.41) is 0. The van der Waals surface area contributed by atoms with Crippen molar-refractivity contribution in [1.82, 2.24) is 6.15 Å². The van der Waals surface area contributed by atoms with Crippen LogP contribution in [0.3, 0.4) is 0 Å². The number of esters is 1. The molecule has 0 aromatic carbocycles. The highest BCUT2D eigenvalue weighted by molar-refractivity contribution is 5.69. The topological polar surface area (TPSA) is 61.3 Å². The van der Waals surface area contributed by atoms with Crippen LogP contribution < -0.4 is 6.15 Å². The van der Waals surface area contributed by atoms with Gasteiger partial charge in [-0.3, -0.25) is 4.79 Å². The quantitative estimate of drug-likeness (QED) is 0.661. The number of carbonyl (C=O) groups is 1. The first-order valence-corrected chi connectivity index (χ1v) is 5.79. The van der Waals surface area contributed by atoms with Gasteiger partial charge >= 0.3 is 5.97 Å². The Balaban J connectivity index is 0. The van der Waals surface area contributed by atoms with Crippen molar-refractivity contribution in [3.8, 4) is 0 Å². The smallest absolute Gasteiger partial charge is 0.305 e. The molecule has 3 heteroatoms. The van der Waals surface area contributed by atoms with Crippen LogP contribution in [-0.2, 0) is 9.53 Å². The van der Waals surface area contributed by atoms with Crippen LogP contribution in [0.25, 0.3) is 0 Å². The van der Waals surface area contributed by atoms with Gasteiger partial charge in [-0.25, -0.2) is 0 Å². The maximum atomic E-state index is 11.2. The Morgan fingerprint density at radius 3 is 1.87 bits per heavy atom. The molecule has 0 spiro atoms. The molecule has 0 aromatic rings. The lowest BCUT2D eigenvalue weighted by molar-refractivity contribution is -0.143. The number of hydrogen-bond donors (Lipinski definition) is 1. The summed E-state index contributed by atoms with van der Waals surface area (Å²) < 4.78 is 4.93. The van der Waals surface area contributed by atoms with Crippen molar-refractivity contribution in [1.29, 1.82) is 0 Å². The molecule has 0 aliphatic heterocycles. The second-order valence-corrected chi connectivity index (χ2v) is 3.87. The van der Waals surface area contributed by atoms with Gasteiger partial charge in [-0.15, -0.1) is 0 Å². The molecule has 0 rings (SSSR count). The second-order valence-electron chi connectivity index (χ2n) is 3.87. The summed E-state index contributed by atoms with van der Waals surface area (Å²) in [5.74, 6) is -0.0489. The zero-order chi connectivity index (χ0) is 11.0. The van der Waals surface area contributed by atoms with Crippen molar-refractivity contribution in [3.63, 3.8) is 0 Å². The number of hydrogen-bond acceptors (Lipinski definition) is 3. The fraction of sp³-hybridized carbons (Fsp3) is 0.917. The van der Waals surface area contributed by atoms with E-state index >= 15 is 0 Å². The zero-order valence-corrected chi connectivity index (χ0v) is 10.8. The molecule has 0 aliphatic carbocycles. The molecular formula is C12H27NO2. The van der Waals surface area contributed by atoms with E-state index in [2.05, 4.69) is 20.8 Å². The van der Waals surface area contributed by atoms with Gasteiger partial charge in [0.1, 0.15) is 0 Å². The summed E-state index contributed by atoms with van der Waals surface area (Å²) >= 11 is 0. The molecule has 0 radical (unpaired) electrons. The first-order chi connectivity index (χ1) is 6.64. The van der Waals surface area contributed by atoms with Crippen molar-refractivity contribution < 1.29 is 9.53 Å². The fourth-order valence-electron chi connectivity index (χ4n) is 1.88. The molecule has 15 heavy (non-hydrogen) atoms. The first kappa shape index (κ1) is 16.8. The van der Waals surface area contributed by atoms with E-state index in [1.807, 2.05) is 6.92 Å². The lowest BCUT2D eigenvalue weighted by Gasteiger charge is -2.29. The summed E-state index contributed by atoms with van der Waals surface area (Å²) in [6.07, 6.45) is 5.00. The summed E-state index contributed by atoms with van der Waals surface area (Å²) in [4.78, 5) is 11.2. The van der Waals surface area contributed by atoms with E-state index in [0.717, 1.165) is 25.7 Å². The lowest BCUT2D eigenvalue weighted by atomic mass is 9.76. The molecule has 0 aromatic heterocycles. The predicted octanol–water partition coefficient (Wildman–Crippen LogP) is 3.71. The molecule has 0 atom stereocenters. The van der Waals surface area contributed by atoms with Crippen molar-refractivity contribution in [2.24, 2.45) is 5.41 Å². The maximum absolute atomic E-state index is 11.2. The fourth-order valence-corrected chi connectivity index (χ4v) is 1.88. The van der Waals surface area contributed by atoms with Crippen molar-refractivity contribution >= 4 is 5.97 Å². The standard InChI is InChI=1S/C12H24O2.H3N/c1-5-12(6-2,7-3)10-9-11(13)14-8-4;/h5-10H2,1-4H3;1H3. The van der Waals surface area contributed by atoms with Crippen LogP contribution in [0.4, 0.5) is 0 Å². The van der Waals surface area contributed by atoms with Gasteiger partial charge in [-0.1, -0.05) is 40.0 Å². The molecule has 0 aliphatic rings. The van der Waals surface area contributed by atoms with Gasteiger partial charge in [0.25, 0.3) is 0 Å². The molecule has 0 amide bonds. The largest absolute Gasteiger partial charge is 0.466 e. The Bertz CT molecular complexity index is 157. The molecule has 3 N–H and O–H groups in total. The predicted molar refractivity (Wildman–Crippen MR) is 64.2 cm³/mol. The second kappa shape index (κ2) is 8.72. The van der Waals surface area contributed by atoms with Crippen LogP contribution in [0.2, 0.25) is 0 Å². The van der Waals surface area contributed by atoms with Gasteiger partial charge in [0.2, 0.25) is 0 Å².